The lowest BCUT2D eigenvalue weighted by Gasteiger charge is -2.02. The number of aromatic nitrogens is 2. The number of carbonyl (C=O) groups is 2. The van der Waals surface area contributed by atoms with Crippen molar-refractivity contribution in [1.29, 1.82) is 0 Å². The molecule has 0 bridgehead atoms. The van der Waals surface area contributed by atoms with Crippen molar-refractivity contribution in [2.45, 2.75) is 25.7 Å². The van der Waals surface area contributed by atoms with Gasteiger partial charge >= 0.3 is 0 Å². The molecule has 3 aromatic heterocycles. The molecule has 41 heavy (non-hydrogen) atoms. The smallest absolute Gasteiger partial charge is 0.267 e. The standard InChI is InChI=1S/C32H20N4O2S3/c37-29(35-31-33-27-19-5-1-3-15-7-9-17(25(15)19)13-23(27)40-31)21-11-12-22(39-21)30(38)36-32-34-28-20-6-2-4-16-8-10-18(26(16)20)14-24(28)41-32/h1-6,11-14H,7-10H2,(H,33,35,37)(H,34,36,38). The average molecular weight is 589 g/mol. The van der Waals surface area contributed by atoms with Crippen molar-refractivity contribution in [2.75, 3.05) is 10.6 Å². The molecule has 6 nitrogen and oxygen atoms in total. The molecule has 2 aliphatic rings. The zero-order valence-corrected chi connectivity index (χ0v) is 24.0. The van der Waals surface area contributed by atoms with Crippen molar-refractivity contribution in [2.24, 2.45) is 0 Å². The molecule has 0 fully saturated rings. The SMILES string of the molecule is O=C(Nc1nc2c(cc3c4c(cccc42)CC3)s1)c1ccc(C(=O)Nc2nc3c(cc4c5c(cccc53)CC4)s2)s1. The van der Waals surface area contributed by atoms with Gasteiger partial charge in [-0.05, 0) is 83.0 Å². The van der Waals surface area contributed by atoms with E-state index in [2.05, 4.69) is 59.2 Å². The number of nitrogens with one attached hydrogen (secondary N) is 2. The summed E-state index contributed by atoms with van der Waals surface area (Å²) in [6.07, 6.45) is 4.22. The molecule has 0 atom stereocenters. The maximum absolute atomic E-state index is 13.1. The molecule has 0 unspecified atom stereocenters. The van der Waals surface area contributed by atoms with Gasteiger partial charge in [0.05, 0.1) is 30.2 Å². The minimum atomic E-state index is -0.269. The number of hydrogen-bond donors (Lipinski definition) is 2. The van der Waals surface area contributed by atoms with Crippen molar-refractivity contribution in [1.82, 2.24) is 9.97 Å². The number of benzene rings is 4. The first kappa shape index (κ1) is 23.5. The first-order valence-corrected chi connectivity index (χ1v) is 15.9. The predicted octanol–water partition coefficient (Wildman–Crippen LogP) is 7.98. The average Bonchev–Trinajstić information content (AvgIpc) is 3.80. The predicted molar refractivity (Wildman–Crippen MR) is 169 cm³/mol. The quantitative estimate of drug-likeness (QED) is 0.218. The van der Waals surface area contributed by atoms with E-state index in [0.717, 1.165) is 68.2 Å². The Morgan fingerprint density at radius 3 is 1.54 bits per heavy atom. The summed E-state index contributed by atoms with van der Waals surface area (Å²) >= 11 is 4.14. The van der Waals surface area contributed by atoms with Gasteiger partial charge in [-0.15, -0.1) is 11.3 Å². The van der Waals surface area contributed by atoms with Crippen LogP contribution in [-0.4, -0.2) is 21.8 Å². The Morgan fingerprint density at radius 1 is 0.585 bits per heavy atom. The number of carbonyl (C=O) groups excluding carboxylic acids is 2. The number of rotatable bonds is 4. The molecule has 0 spiro atoms. The molecule has 4 aromatic carbocycles. The molecule has 2 N–H and O–H groups in total. The Morgan fingerprint density at radius 2 is 1.05 bits per heavy atom. The van der Waals surface area contributed by atoms with E-state index < -0.39 is 0 Å². The summed E-state index contributed by atoms with van der Waals surface area (Å²) in [5.41, 5.74) is 7.31. The molecule has 198 valence electrons. The summed E-state index contributed by atoms with van der Waals surface area (Å²) in [5.74, 6) is -0.538. The molecule has 0 saturated heterocycles. The van der Waals surface area contributed by atoms with Gasteiger partial charge in [-0.1, -0.05) is 59.1 Å². The van der Waals surface area contributed by atoms with Crippen molar-refractivity contribution in [3.8, 4) is 0 Å². The zero-order chi connectivity index (χ0) is 27.2. The summed E-state index contributed by atoms with van der Waals surface area (Å²) in [6, 6.07) is 20.6. The van der Waals surface area contributed by atoms with Gasteiger partial charge in [-0.2, -0.15) is 0 Å². The van der Waals surface area contributed by atoms with E-state index in [0.29, 0.717) is 20.0 Å². The maximum Gasteiger partial charge on any atom is 0.267 e. The van der Waals surface area contributed by atoms with E-state index >= 15 is 0 Å². The Balaban J connectivity index is 0.963. The van der Waals surface area contributed by atoms with Gasteiger partial charge in [0.15, 0.2) is 10.3 Å². The monoisotopic (exact) mass is 588 g/mol. The van der Waals surface area contributed by atoms with Crippen molar-refractivity contribution in [3.05, 3.63) is 92.7 Å². The molecule has 9 rings (SSSR count). The third kappa shape index (κ3) is 3.59. The number of amides is 2. The third-order valence-corrected chi connectivity index (χ3v) is 11.1. The molecule has 2 aliphatic carbocycles. The van der Waals surface area contributed by atoms with Crippen LogP contribution in [0.2, 0.25) is 0 Å². The maximum atomic E-state index is 13.1. The van der Waals surface area contributed by atoms with Gasteiger partial charge in [-0.25, -0.2) is 9.97 Å². The van der Waals surface area contributed by atoms with E-state index in [1.54, 1.807) is 12.1 Å². The van der Waals surface area contributed by atoms with Crippen LogP contribution in [0.1, 0.15) is 41.6 Å². The van der Waals surface area contributed by atoms with Gasteiger partial charge in [0, 0.05) is 10.8 Å². The molecule has 3 heterocycles. The molecule has 0 saturated carbocycles. The minimum Gasteiger partial charge on any atom is -0.297 e. The van der Waals surface area contributed by atoms with Gasteiger partial charge < -0.3 is 0 Å². The summed E-state index contributed by atoms with van der Waals surface area (Å²) in [5, 5.41) is 12.0. The Bertz CT molecular complexity index is 2120. The fourth-order valence-electron chi connectivity index (χ4n) is 6.42. The molecule has 9 heteroatoms. The van der Waals surface area contributed by atoms with E-state index in [9.17, 15) is 9.59 Å². The van der Waals surface area contributed by atoms with Gasteiger partial charge in [0.1, 0.15) is 0 Å². The molecule has 7 aromatic rings. The van der Waals surface area contributed by atoms with Crippen LogP contribution < -0.4 is 10.6 Å². The summed E-state index contributed by atoms with van der Waals surface area (Å²) < 4.78 is 2.15. The van der Waals surface area contributed by atoms with Crippen LogP contribution >= 0.6 is 34.0 Å². The van der Waals surface area contributed by atoms with Crippen LogP contribution in [0.5, 0.6) is 0 Å². The van der Waals surface area contributed by atoms with Gasteiger partial charge in [0.2, 0.25) is 0 Å². The Labute approximate surface area is 245 Å². The highest BCUT2D eigenvalue weighted by molar-refractivity contribution is 7.23. The van der Waals surface area contributed by atoms with Crippen molar-refractivity contribution < 1.29 is 9.59 Å². The zero-order valence-electron chi connectivity index (χ0n) is 21.5. The highest BCUT2D eigenvalue weighted by Gasteiger charge is 2.22. The largest absolute Gasteiger partial charge is 0.297 e. The second-order valence-electron chi connectivity index (χ2n) is 10.6. The Kier molecular flexibility index (Phi) is 4.97. The van der Waals surface area contributed by atoms with Crippen LogP contribution in [0.25, 0.3) is 42.0 Å². The number of anilines is 2. The minimum absolute atomic E-state index is 0.269. The number of fused-ring (bicyclic) bond motifs is 4. The van der Waals surface area contributed by atoms with Crippen molar-refractivity contribution >= 4 is 98.1 Å². The van der Waals surface area contributed by atoms with Crippen LogP contribution in [0.4, 0.5) is 10.3 Å². The molecule has 0 aliphatic heterocycles. The summed E-state index contributed by atoms with van der Waals surface area (Å²) in [4.78, 5) is 36.7. The first-order valence-electron chi connectivity index (χ1n) is 13.5. The van der Waals surface area contributed by atoms with Crippen molar-refractivity contribution in [3.63, 3.8) is 0 Å². The lowest BCUT2D eigenvalue weighted by Crippen LogP contribution is -2.11. The molecular weight excluding hydrogens is 569 g/mol. The fourth-order valence-corrected chi connectivity index (χ4v) is 9.10. The lowest BCUT2D eigenvalue weighted by atomic mass is 10.0. The molecule has 0 radical (unpaired) electrons. The highest BCUT2D eigenvalue weighted by atomic mass is 32.1. The fraction of sp³-hybridized carbons (Fsp3) is 0.125. The number of hydrogen-bond acceptors (Lipinski definition) is 7. The van der Waals surface area contributed by atoms with Crippen LogP contribution in [0.15, 0.2) is 60.7 Å². The molecule has 2 amide bonds. The summed E-state index contributed by atoms with van der Waals surface area (Å²) in [7, 11) is 0. The van der Waals surface area contributed by atoms with E-state index in [4.69, 9.17) is 9.97 Å². The van der Waals surface area contributed by atoms with Crippen LogP contribution in [-0.2, 0) is 25.7 Å². The van der Waals surface area contributed by atoms with Gasteiger partial charge in [0.25, 0.3) is 11.8 Å². The number of thiophene rings is 1. The third-order valence-electron chi connectivity index (χ3n) is 8.19. The van der Waals surface area contributed by atoms with E-state index in [1.807, 2.05) is 0 Å². The highest BCUT2D eigenvalue weighted by Crippen LogP contribution is 2.40. The first-order chi connectivity index (χ1) is 20.1. The lowest BCUT2D eigenvalue weighted by molar-refractivity contribution is 0.102. The number of thiazole rings is 2. The molecular formula is C32H20N4O2S3. The normalized spacial score (nSPS) is 13.7. The van der Waals surface area contributed by atoms with Crippen LogP contribution in [0, 0.1) is 0 Å². The Hall–Kier alpha value is -4.18. The number of nitrogens with zero attached hydrogens (tertiary/aromatic N) is 2. The van der Waals surface area contributed by atoms with Gasteiger partial charge in [-0.3, -0.25) is 20.2 Å². The second kappa shape index (κ2) is 8.66. The van der Waals surface area contributed by atoms with Crippen LogP contribution in [0.3, 0.4) is 0 Å². The summed E-state index contributed by atoms with van der Waals surface area (Å²) in [6.45, 7) is 0. The number of aryl methyl sites for hydroxylation is 4. The van der Waals surface area contributed by atoms with E-state index in [1.165, 1.54) is 55.7 Å². The second-order valence-corrected chi connectivity index (χ2v) is 13.7. The van der Waals surface area contributed by atoms with E-state index in [-0.39, 0.29) is 11.8 Å². The topological polar surface area (TPSA) is 84.0 Å².